The summed E-state index contributed by atoms with van der Waals surface area (Å²) in [4.78, 5) is 11.7. The summed E-state index contributed by atoms with van der Waals surface area (Å²) < 4.78 is 12.9. The Labute approximate surface area is 108 Å². The van der Waals surface area contributed by atoms with Gasteiger partial charge in [-0.1, -0.05) is 32.9 Å². The summed E-state index contributed by atoms with van der Waals surface area (Å²) in [5, 5.41) is 5.94. The molecule has 0 aliphatic heterocycles. The number of halogens is 1. The van der Waals surface area contributed by atoms with E-state index in [2.05, 4.69) is 10.6 Å². The summed E-state index contributed by atoms with van der Waals surface area (Å²) in [6.45, 7) is 7.08. The smallest absolute Gasteiger partial charge is 0.234 e. The van der Waals surface area contributed by atoms with Gasteiger partial charge in [0.2, 0.25) is 5.91 Å². The third-order valence-corrected chi connectivity index (χ3v) is 2.75. The van der Waals surface area contributed by atoms with Gasteiger partial charge in [-0.3, -0.25) is 4.79 Å². The molecular formula is C14H21FN2O. The highest BCUT2D eigenvalue weighted by Crippen LogP contribution is 2.21. The van der Waals surface area contributed by atoms with Gasteiger partial charge in [0.15, 0.2) is 0 Å². The SMILES string of the molecule is CCNCC(=O)NC(c1ccc(F)cc1)C(C)C. The highest BCUT2D eigenvalue weighted by Gasteiger charge is 2.17. The van der Waals surface area contributed by atoms with E-state index in [0.29, 0.717) is 6.54 Å². The zero-order valence-electron chi connectivity index (χ0n) is 11.2. The number of hydrogen-bond donors (Lipinski definition) is 2. The zero-order chi connectivity index (χ0) is 13.5. The van der Waals surface area contributed by atoms with E-state index in [1.807, 2.05) is 20.8 Å². The van der Waals surface area contributed by atoms with Crippen molar-refractivity contribution in [2.45, 2.75) is 26.8 Å². The molecule has 1 atom stereocenters. The predicted octanol–water partition coefficient (Wildman–Crippen LogP) is 2.25. The van der Waals surface area contributed by atoms with Crippen LogP contribution in [-0.2, 0) is 4.79 Å². The lowest BCUT2D eigenvalue weighted by molar-refractivity contribution is -0.121. The molecule has 4 heteroatoms. The fourth-order valence-corrected chi connectivity index (χ4v) is 1.77. The van der Waals surface area contributed by atoms with Crippen LogP contribution in [0.15, 0.2) is 24.3 Å². The second-order valence-corrected chi connectivity index (χ2v) is 4.62. The molecule has 0 saturated heterocycles. The molecule has 0 radical (unpaired) electrons. The maximum absolute atomic E-state index is 12.9. The summed E-state index contributed by atoms with van der Waals surface area (Å²) >= 11 is 0. The Bertz CT molecular complexity index is 376. The quantitative estimate of drug-likeness (QED) is 0.815. The average Bonchev–Trinajstić information content (AvgIpc) is 2.34. The molecule has 2 N–H and O–H groups in total. The van der Waals surface area contributed by atoms with Gasteiger partial charge in [0, 0.05) is 0 Å². The lowest BCUT2D eigenvalue weighted by Gasteiger charge is -2.23. The first-order valence-electron chi connectivity index (χ1n) is 6.30. The Hall–Kier alpha value is -1.42. The molecule has 0 spiro atoms. The van der Waals surface area contributed by atoms with Crippen LogP contribution in [0.5, 0.6) is 0 Å². The monoisotopic (exact) mass is 252 g/mol. The van der Waals surface area contributed by atoms with Crippen molar-refractivity contribution in [1.29, 1.82) is 0 Å². The molecule has 1 aromatic rings. The first-order chi connectivity index (χ1) is 8.54. The van der Waals surface area contributed by atoms with Crippen molar-refractivity contribution in [3.8, 4) is 0 Å². The van der Waals surface area contributed by atoms with E-state index in [9.17, 15) is 9.18 Å². The summed E-state index contributed by atoms with van der Waals surface area (Å²) in [7, 11) is 0. The first kappa shape index (κ1) is 14.6. The number of likely N-dealkylation sites (N-methyl/N-ethyl adjacent to an activating group) is 1. The van der Waals surface area contributed by atoms with Crippen LogP contribution in [-0.4, -0.2) is 19.0 Å². The largest absolute Gasteiger partial charge is 0.348 e. The number of nitrogens with one attached hydrogen (secondary N) is 2. The average molecular weight is 252 g/mol. The minimum absolute atomic E-state index is 0.0418. The summed E-state index contributed by atoms with van der Waals surface area (Å²) in [6.07, 6.45) is 0. The fourth-order valence-electron chi connectivity index (χ4n) is 1.77. The van der Waals surface area contributed by atoms with E-state index < -0.39 is 0 Å². The van der Waals surface area contributed by atoms with E-state index >= 15 is 0 Å². The second-order valence-electron chi connectivity index (χ2n) is 4.62. The van der Waals surface area contributed by atoms with Gasteiger partial charge in [-0.05, 0) is 30.2 Å². The Morgan fingerprint density at radius 1 is 1.28 bits per heavy atom. The minimum atomic E-state index is -0.264. The van der Waals surface area contributed by atoms with Crippen molar-refractivity contribution in [3.63, 3.8) is 0 Å². The maximum Gasteiger partial charge on any atom is 0.234 e. The van der Waals surface area contributed by atoms with Gasteiger partial charge in [-0.15, -0.1) is 0 Å². The Kier molecular flexibility index (Phi) is 5.78. The van der Waals surface area contributed by atoms with Gasteiger partial charge >= 0.3 is 0 Å². The van der Waals surface area contributed by atoms with E-state index in [4.69, 9.17) is 0 Å². The third-order valence-electron chi connectivity index (χ3n) is 2.75. The van der Waals surface area contributed by atoms with Crippen molar-refractivity contribution >= 4 is 5.91 Å². The molecule has 0 bridgehead atoms. The molecule has 0 aliphatic carbocycles. The number of carbonyl (C=O) groups excluding carboxylic acids is 1. The van der Waals surface area contributed by atoms with Gasteiger partial charge in [-0.2, -0.15) is 0 Å². The number of hydrogen-bond acceptors (Lipinski definition) is 2. The van der Waals surface area contributed by atoms with E-state index in [1.165, 1.54) is 12.1 Å². The predicted molar refractivity (Wildman–Crippen MR) is 70.7 cm³/mol. The third kappa shape index (κ3) is 4.45. The molecule has 1 rings (SSSR count). The van der Waals surface area contributed by atoms with Gasteiger partial charge in [-0.25, -0.2) is 4.39 Å². The van der Waals surface area contributed by atoms with Crippen LogP contribution >= 0.6 is 0 Å². The highest BCUT2D eigenvalue weighted by molar-refractivity contribution is 5.78. The lowest BCUT2D eigenvalue weighted by Crippen LogP contribution is -2.38. The van der Waals surface area contributed by atoms with E-state index in [-0.39, 0.29) is 23.7 Å². The van der Waals surface area contributed by atoms with Crippen LogP contribution in [0.1, 0.15) is 32.4 Å². The molecule has 0 heterocycles. The molecule has 100 valence electrons. The Balaban J connectivity index is 2.71. The van der Waals surface area contributed by atoms with Gasteiger partial charge < -0.3 is 10.6 Å². The molecule has 0 aromatic heterocycles. The van der Waals surface area contributed by atoms with Crippen molar-refractivity contribution in [1.82, 2.24) is 10.6 Å². The van der Waals surface area contributed by atoms with Crippen molar-refractivity contribution in [2.75, 3.05) is 13.1 Å². The molecule has 1 aromatic carbocycles. The fraction of sp³-hybridized carbons (Fsp3) is 0.500. The van der Waals surface area contributed by atoms with Crippen LogP contribution in [0.25, 0.3) is 0 Å². The molecule has 18 heavy (non-hydrogen) atoms. The van der Waals surface area contributed by atoms with Crippen LogP contribution in [0.3, 0.4) is 0 Å². The molecule has 3 nitrogen and oxygen atoms in total. The Morgan fingerprint density at radius 3 is 2.39 bits per heavy atom. The van der Waals surface area contributed by atoms with Crippen LogP contribution in [0, 0.1) is 11.7 Å². The van der Waals surface area contributed by atoms with Crippen LogP contribution in [0.2, 0.25) is 0 Å². The van der Waals surface area contributed by atoms with Gasteiger partial charge in [0.05, 0.1) is 12.6 Å². The molecule has 0 saturated carbocycles. The summed E-state index contributed by atoms with van der Waals surface area (Å²) in [6, 6.07) is 6.18. The number of amides is 1. The summed E-state index contributed by atoms with van der Waals surface area (Å²) in [5.74, 6) is -0.0545. The van der Waals surface area contributed by atoms with Crippen molar-refractivity contribution in [2.24, 2.45) is 5.92 Å². The molecule has 0 fully saturated rings. The second kappa shape index (κ2) is 7.11. The molecule has 1 unspecified atom stereocenters. The number of carbonyl (C=O) groups is 1. The van der Waals surface area contributed by atoms with Crippen LogP contribution in [0.4, 0.5) is 4.39 Å². The normalized spacial score (nSPS) is 12.5. The first-order valence-corrected chi connectivity index (χ1v) is 6.30. The van der Waals surface area contributed by atoms with Crippen molar-refractivity contribution in [3.05, 3.63) is 35.6 Å². The highest BCUT2D eigenvalue weighted by atomic mass is 19.1. The van der Waals surface area contributed by atoms with Crippen LogP contribution < -0.4 is 10.6 Å². The van der Waals surface area contributed by atoms with Crippen molar-refractivity contribution < 1.29 is 9.18 Å². The molecule has 1 amide bonds. The maximum atomic E-state index is 12.9. The summed E-state index contributed by atoms with van der Waals surface area (Å²) in [5.41, 5.74) is 0.927. The van der Waals surface area contributed by atoms with E-state index in [0.717, 1.165) is 12.1 Å². The lowest BCUT2D eigenvalue weighted by atomic mass is 9.96. The number of rotatable bonds is 6. The molecule has 0 aliphatic rings. The topological polar surface area (TPSA) is 41.1 Å². The van der Waals surface area contributed by atoms with Gasteiger partial charge in [0.25, 0.3) is 0 Å². The minimum Gasteiger partial charge on any atom is -0.348 e. The van der Waals surface area contributed by atoms with Gasteiger partial charge in [0.1, 0.15) is 5.82 Å². The Morgan fingerprint density at radius 2 is 1.89 bits per heavy atom. The zero-order valence-corrected chi connectivity index (χ0v) is 11.2. The standard InChI is InChI=1S/C14H21FN2O/c1-4-16-9-13(18)17-14(10(2)3)11-5-7-12(15)8-6-11/h5-8,10,14,16H,4,9H2,1-3H3,(H,17,18). The van der Waals surface area contributed by atoms with E-state index in [1.54, 1.807) is 12.1 Å². The molecular weight excluding hydrogens is 231 g/mol. The number of benzene rings is 1.